The maximum Gasteiger partial charge on any atom is -0.000969 e. The fraction of sp³-hybridized carbons (Fsp3) is 1.00. The van der Waals surface area contributed by atoms with E-state index in [1.807, 2.05) is 0 Å². The van der Waals surface area contributed by atoms with E-state index in [-0.39, 0.29) is 24.8 Å². The number of rotatable bonds is 0. The van der Waals surface area contributed by atoms with Gasteiger partial charge in [0.05, 0.1) is 0 Å². The second-order valence-electron chi connectivity index (χ2n) is 3.47. The van der Waals surface area contributed by atoms with E-state index in [2.05, 4.69) is 17.3 Å². The standard InChI is InChI=1S/C9H20N2.2ClH/c1-11-8-4-2-3-6-10-7-5-9-11;;/h10H,2-9H2,1H3;2*1H. The first kappa shape index (κ1) is 15.9. The Morgan fingerprint density at radius 2 is 1.46 bits per heavy atom. The van der Waals surface area contributed by atoms with E-state index in [1.54, 1.807) is 0 Å². The van der Waals surface area contributed by atoms with Gasteiger partial charge in [0.1, 0.15) is 0 Å². The zero-order chi connectivity index (χ0) is 7.94. The lowest BCUT2D eigenvalue weighted by Crippen LogP contribution is -2.27. The Morgan fingerprint density at radius 3 is 2.23 bits per heavy atom. The molecule has 13 heavy (non-hydrogen) atoms. The molecule has 0 atom stereocenters. The molecule has 0 amide bonds. The van der Waals surface area contributed by atoms with Crippen molar-refractivity contribution in [3.05, 3.63) is 0 Å². The summed E-state index contributed by atoms with van der Waals surface area (Å²) < 4.78 is 0. The third kappa shape index (κ3) is 8.82. The molecule has 1 heterocycles. The third-order valence-corrected chi connectivity index (χ3v) is 2.29. The van der Waals surface area contributed by atoms with Crippen molar-refractivity contribution in [3.8, 4) is 0 Å². The summed E-state index contributed by atoms with van der Waals surface area (Å²) in [5, 5.41) is 3.45. The van der Waals surface area contributed by atoms with Crippen molar-refractivity contribution < 1.29 is 0 Å². The number of halogens is 2. The molecule has 4 heteroatoms. The SMILES string of the molecule is CN1CCCCCNCCC1.Cl.Cl. The van der Waals surface area contributed by atoms with E-state index in [0.29, 0.717) is 0 Å². The molecule has 0 aromatic rings. The van der Waals surface area contributed by atoms with Crippen LogP contribution in [-0.2, 0) is 0 Å². The molecule has 0 bridgehead atoms. The average molecular weight is 229 g/mol. The van der Waals surface area contributed by atoms with Gasteiger partial charge in [-0.25, -0.2) is 0 Å². The molecular weight excluding hydrogens is 207 g/mol. The maximum atomic E-state index is 3.45. The van der Waals surface area contributed by atoms with Gasteiger partial charge in [-0.1, -0.05) is 6.42 Å². The van der Waals surface area contributed by atoms with Gasteiger partial charge in [-0.05, 0) is 52.5 Å². The molecule has 1 aliphatic heterocycles. The molecule has 0 saturated carbocycles. The molecule has 0 unspecified atom stereocenters. The topological polar surface area (TPSA) is 15.3 Å². The second kappa shape index (κ2) is 10.6. The monoisotopic (exact) mass is 228 g/mol. The predicted octanol–water partition coefficient (Wildman–Crippen LogP) is 1.93. The molecule has 1 saturated heterocycles. The van der Waals surface area contributed by atoms with Crippen LogP contribution in [0.3, 0.4) is 0 Å². The Balaban J connectivity index is 0. The lowest BCUT2D eigenvalue weighted by Gasteiger charge is -2.18. The minimum absolute atomic E-state index is 0. The highest BCUT2D eigenvalue weighted by atomic mass is 35.5. The average Bonchev–Trinajstić information content (AvgIpc) is 2.03. The molecule has 1 fully saturated rings. The highest BCUT2D eigenvalue weighted by Crippen LogP contribution is 1.98. The molecule has 2 nitrogen and oxygen atoms in total. The van der Waals surface area contributed by atoms with Crippen LogP contribution in [0.5, 0.6) is 0 Å². The molecule has 0 aromatic carbocycles. The summed E-state index contributed by atoms with van der Waals surface area (Å²) in [7, 11) is 2.22. The van der Waals surface area contributed by atoms with E-state index >= 15 is 0 Å². The highest BCUT2D eigenvalue weighted by molar-refractivity contribution is 5.85. The van der Waals surface area contributed by atoms with Gasteiger partial charge in [-0.3, -0.25) is 0 Å². The van der Waals surface area contributed by atoms with Gasteiger partial charge in [0.2, 0.25) is 0 Å². The van der Waals surface area contributed by atoms with E-state index in [1.165, 1.54) is 51.9 Å². The predicted molar refractivity (Wildman–Crippen MR) is 63.3 cm³/mol. The first-order valence-corrected chi connectivity index (χ1v) is 4.79. The van der Waals surface area contributed by atoms with Crippen LogP contribution < -0.4 is 5.32 Å². The molecule has 0 radical (unpaired) electrons. The van der Waals surface area contributed by atoms with Crippen molar-refractivity contribution in [2.45, 2.75) is 25.7 Å². The summed E-state index contributed by atoms with van der Waals surface area (Å²) in [5.41, 5.74) is 0. The van der Waals surface area contributed by atoms with E-state index in [9.17, 15) is 0 Å². The van der Waals surface area contributed by atoms with Crippen LogP contribution in [0, 0.1) is 0 Å². The molecule has 82 valence electrons. The van der Waals surface area contributed by atoms with Crippen LogP contribution in [0.4, 0.5) is 0 Å². The molecule has 0 aromatic heterocycles. The van der Waals surface area contributed by atoms with Gasteiger partial charge in [-0.15, -0.1) is 24.8 Å². The van der Waals surface area contributed by atoms with Crippen molar-refractivity contribution in [1.82, 2.24) is 10.2 Å². The van der Waals surface area contributed by atoms with Crippen LogP contribution >= 0.6 is 24.8 Å². The van der Waals surface area contributed by atoms with Crippen LogP contribution in [0.25, 0.3) is 0 Å². The first-order valence-electron chi connectivity index (χ1n) is 4.79. The summed E-state index contributed by atoms with van der Waals surface area (Å²) in [6.45, 7) is 4.97. The number of nitrogens with one attached hydrogen (secondary N) is 1. The molecule has 0 spiro atoms. The van der Waals surface area contributed by atoms with E-state index in [4.69, 9.17) is 0 Å². The first-order chi connectivity index (χ1) is 5.39. The second-order valence-corrected chi connectivity index (χ2v) is 3.47. The summed E-state index contributed by atoms with van der Waals surface area (Å²) in [5.74, 6) is 0. The molecular formula is C9H22Cl2N2. The van der Waals surface area contributed by atoms with Crippen LogP contribution in [0.1, 0.15) is 25.7 Å². The van der Waals surface area contributed by atoms with Crippen LogP contribution in [0.2, 0.25) is 0 Å². The van der Waals surface area contributed by atoms with Crippen LogP contribution in [0.15, 0.2) is 0 Å². The Kier molecular flexibility index (Phi) is 13.0. The van der Waals surface area contributed by atoms with Crippen molar-refractivity contribution in [1.29, 1.82) is 0 Å². The normalized spacial score (nSPS) is 21.0. The molecule has 1 rings (SSSR count). The van der Waals surface area contributed by atoms with E-state index in [0.717, 1.165) is 0 Å². The fourth-order valence-electron chi connectivity index (χ4n) is 1.52. The van der Waals surface area contributed by atoms with Crippen molar-refractivity contribution in [2.24, 2.45) is 0 Å². The minimum Gasteiger partial charge on any atom is -0.317 e. The van der Waals surface area contributed by atoms with Crippen LogP contribution in [-0.4, -0.2) is 38.1 Å². The Morgan fingerprint density at radius 1 is 0.846 bits per heavy atom. The number of nitrogens with zero attached hydrogens (tertiary/aromatic N) is 1. The summed E-state index contributed by atoms with van der Waals surface area (Å²) in [6.07, 6.45) is 5.42. The summed E-state index contributed by atoms with van der Waals surface area (Å²) in [6, 6.07) is 0. The Hall–Kier alpha value is 0.500. The smallest absolute Gasteiger partial charge is 0.000969 e. The zero-order valence-electron chi connectivity index (χ0n) is 8.42. The summed E-state index contributed by atoms with van der Waals surface area (Å²) in [4.78, 5) is 2.44. The molecule has 1 N–H and O–H groups in total. The number of hydrogen-bond acceptors (Lipinski definition) is 2. The van der Waals surface area contributed by atoms with Crippen molar-refractivity contribution >= 4 is 24.8 Å². The third-order valence-electron chi connectivity index (χ3n) is 2.29. The largest absolute Gasteiger partial charge is 0.317 e. The Bertz CT molecular complexity index is 91.6. The maximum absolute atomic E-state index is 3.45. The van der Waals surface area contributed by atoms with Crippen molar-refractivity contribution in [3.63, 3.8) is 0 Å². The summed E-state index contributed by atoms with van der Waals surface area (Å²) >= 11 is 0. The fourth-order valence-corrected chi connectivity index (χ4v) is 1.52. The van der Waals surface area contributed by atoms with Gasteiger partial charge in [0, 0.05) is 0 Å². The molecule has 0 aliphatic carbocycles. The van der Waals surface area contributed by atoms with Gasteiger partial charge >= 0.3 is 0 Å². The van der Waals surface area contributed by atoms with E-state index < -0.39 is 0 Å². The lowest BCUT2D eigenvalue weighted by molar-refractivity contribution is 0.310. The highest BCUT2D eigenvalue weighted by Gasteiger charge is 1.99. The Labute approximate surface area is 94.3 Å². The van der Waals surface area contributed by atoms with Gasteiger partial charge in [-0.2, -0.15) is 0 Å². The zero-order valence-corrected chi connectivity index (χ0v) is 10.1. The lowest BCUT2D eigenvalue weighted by atomic mass is 10.2. The quantitative estimate of drug-likeness (QED) is 0.682. The number of hydrogen-bond donors (Lipinski definition) is 1. The van der Waals surface area contributed by atoms with Gasteiger partial charge in [0.15, 0.2) is 0 Å². The van der Waals surface area contributed by atoms with Gasteiger partial charge < -0.3 is 10.2 Å². The van der Waals surface area contributed by atoms with Gasteiger partial charge in [0.25, 0.3) is 0 Å². The molecule has 1 aliphatic rings. The van der Waals surface area contributed by atoms with Crippen molar-refractivity contribution in [2.75, 3.05) is 33.2 Å². The minimum atomic E-state index is 0.